The van der Waals surface area contributed by atoms with Gasteiger partial charge < -0.3 is 10.3 Å². The molecule has 0 unspecified atom stereocenters. The third-order valence-electron chi connectivity index (χ3n) is 3.61. The molecule has 0 bridgehead atoms. The lowest BCUT2D eigenvalue weighted by Crippen LogP contribution is -2.06. The number of hydrogen-bond acceptors (Lipinski definition) is 6. The van der Waals surface area contributed by atoms with Crippen LogP contribution in [0, 0.1) is 0 Å². The van der Waals surface area contributed by atoms with Crippen LogP contribution in [0.2, 0.25) is 0 Å². The van der Waals surface area contributed by atoms with Crippen molar-refractivity contribution in [2.45, 2.75) is 6.54 Å². The molecule has 0 spiro atoms. The molecule has 0 saturated carbocycles. The van der Waals surface area contributed by atoms with E-state index in [1.54, 1.807) is 4.68 Å². The monoisotopic (exact) mass is 318 g/mol. The van der Waals surface area contributed by atoms with E-state index in [1.807, 2.05) is 60.7 Å². The molecule has 7 nitrogen and oxygen atoms in total. The molecule has 0 aliphatic rings. The molecule has 0 radical (unpaired) electrons. The van der Waals surface area contributed by atoms with Gasteiger partial charge in [-0.25, -0.2) is 4.68 Å². The van der Waals surface area contributed by atoms with Crippen molar-refractivity contribution in [2.24, 2.45) is 0 Å². The van der Waals surface area contributed by atoms with Gasteiger partial charge in [-0.2, -0.15) is 4.98 Å². The second-order valence-corrected chi connectivity index (χ2v) is 5.26. The van der Waals surface area contributed by atoms with Crippen LogP contribution in [0.3, 0.4) is 0 Å². The molecule has 4 aromatic rings. The highest BCUT2D eigenvalue weighted by Gasteiger charge is 2.19. The number of benzene rings is 2. The predicted molar refractivity (Wildman–Crippen MR) is 88.7 cm³/mol. The van der Waals surface area contributed by atoms with Crippen molar-refractivity contribution >= 4 is 5.82 Å². The molecule has 24 heavy (non-hydrogen) atoms. The average Bonchev–Trinajstić information content (AvgIpc) is 3.24. The highest BCUT2D eigenvalue weighted by atomic mass is 16.5. The highest BCUT2D eigenvalue weighted by molar-refractivity contribution is 5.64. The fourth-order valence-electron chi connectivity index (χ4n) is 2.37. The second-order valence-electron chi connectivity index (χ2n) is 5.26. The van der Waals surface area contributed by atoms with Crippen LogP contribution >= 0.6 is 0 Å². The summed E-state index contributed by atoms with van der Waals surface area (Å²) in [7, 11) is 0. The van der Waals surface area contributed by atoms with Crippen LogP contribution in [0.25, 0.3) is 23.0 Å². The molecule has 4 rings (SSSR count). The van der Waals surface area contributed by atoms with Crippen LogP contribution in [0.15, 0.2) is 65.2 Å². The van der Waals surface area contributed by atoms with Crippen LogP contribution < -0.4 is 5.73 Å². The molecule has 0 aliphatic carbocycles. The number of aromatic nitrogens is 5. The largest absolute Gasteiger partial charge is 0.382 e. The summed E-state index contributed by atoms with van der Waals surface area (Å²) in [4.78, 5) is 4.36. The molecule has 0 amide bonds. The predicted octanol–water partition coefficient (Wildman–Crippen LogP) is 2.63. The fraction of sp³-hybridized carbons (Fsp3) is 0.0588. The van der Waals surface area contributed by atoms with Crippen molar-refractivity contribution in [1.29, 1.82) is 0 Å². The summed E-state index contributed by atoms with van der Waals surface area (Å²) in [6.45, 7) is 0.527. The van der Waals surface area contributed by atoms with Gasteiger partial charge in [0.05, 0.1) is 6.54 Å². The zero-order valence-corrected chi connectivity index (χ0v) is 12.7. The lowest BCUT2D eigenvalue weighted by atomic mass is 10.2. The highest BCUT2D eigenvalue weighted by Crippen LogP contribution is 2.24. The number of nitrogens with zero attached hydrogens (tertiary/aromatic N) is 5. The lowest BCUT2D eigenvalue weighted by Gasteiger charge is -2.02. The molecule has 2 heterocycles. The molecular formula is C17H14N6O. The Kier molecular flexibility index (Phi) is 3.51. The van der Waals surface area contributed by atoms with Gasteiger partial charge in [0.1, 0.15) is 0 Å². The van der Waals surface area contributed by atoms with Gasteiger partial charge in [0.25, 0.3) is 5.89 Å². The fourth-order valence-corrected chi connectivity index (χ4v) is 2.37. The van der Waals surface area contributed by atoms with E-state index in [4.69, 9.17) is 10.3 Å². The van der Waals surface area contributed by atoms with Gasteiger partial charge in [0.2, 0.25) is 5.82 Å². The van der Waals surface area contributed by atoms with E-state index in [-0.39, 0.29) is 5.89 Å². The number of nitrogens with two attached hydrogens (primary N) is 1. The maximum atomic E-state index is 6.14. The topological polar surface area (TPSA) is 95.7 Å². The standard InChI is InChI=1S/C17H14N6O/c18-15-14(20-22-23(15)11-12-7-3-1-4-8-12)17-19-16(21-24-17)13-9-5-2-6-10-13/h1-10H,11,18H2. The number of anilines is 1. The Hall–Kier alpha value is -3.48. The van der Waals surface area contributed by atoms with Gasteiger partial charge in [-0.05, 0) is 5.56 Å². The Labute approximate surface area is 137 Å². The van der Waals surface area contributed by atoms with E-state index in [0.717, 1.165) is 11.1 Å². The van der Waals surface area contributed by atoms with E-state index >= 15 is 0 Å². The van der Waals surface area contributed by atoms with Crippen LogP contribution in [-0.2, 0) is 6.54 Å². The van der Waals surface area contributed by atoms with Crippen molar-refractivity contribution in [1.82, 2.24) is 25.1 Å². The van der Waals surface area contributed by atoms with Gasteiger partial charge in [-0.1, -0.05) is 71.0 Å². The van der Waals surface area contributed by atoms with Gasteiger partial charge in [-0.15, -0.1) is 5.10 Å². The number of nitrogen functional groups attached to an aromatic ring is 1. The lowest BCUT2D eigenvalue weighted by molar-refractivity contribution is 0.431. The summed E-state index contributed by atoms with van der Waals surface area (Å²) >= 11 is 0. The van der Waals surface area contributed by atoms with Gasteiger partial charge in [0.15, 0.2) is 11.5 Å². The summed E-state index contributed by atoms with van der Waals surface area (Å²) in [6, 6.07) is 19.5. The molecule has 0 aliphatic heterocycles. The van der Waals surface area contributed by atoms with E-state index in [0.29, 0.717) is 23.9 Å². The molecule has 0 fully saturated rings. The van der Waals surface area contributed by atoms with Crippen LogP contribution in [0.5, 0.6) is 0 Å². The van der Waals surface area contributed by atoms with Crippen LogP contribution in [-0.4, -0.2) is 25.1 Å². The first kappa shape index (κ1) is 14.1. The van der Waals surface area contributed by atoms with Crippen LogP contribution in [0.4, 0.5) is 5.82 Å². The van der Waals surface area contributed by atoms with E-state index in [1.165, 1.54) is 0 Å². The Bertz CT molecular complexity index is 946. The Morgan fingerprint density at radius 3 is 2.42 bits per heavy atom. The van der Waals surface area contributed by atoms with Crippen LogP contribution in [0.1, 0.15) is 5.56 Å². The molecule has 118 valence electrons. The van der Waals surface area contributed by atoms with E-state index < -0.39 is 0 Å². The van der Waals surface area contributed by atoms with Gasteiger partial charge in [0, 0.05) is 5.56 Å². The van der Waals surface area contributed by atoms with E-state index in [2.05, 4.69) is 20.5 Å². The smallest absolute Gasteiger partial charge is 0.282 e. The average molecular weight is 318 g/mol. The molecule has 2 aromatic carbocycles. The molecule has 0 saturated heterocycles. The Morgan fingerprint density at radius 2 is 1.67 bits per heavy atom. The van der Waals surface area contributed by atoms with Crippen molar-refractivity contribution in [3.63, 3.8) is 0 Å². The maximum absolute atomic E-state index is 6.14. The van der Waals surface area contributed by atoms with E-state index in [9.17, 15) is 0 Å². The summed E-state index contributed by atoms with van der Waals surface area (Å²) in [5.74, 6) is 1.13. The molecule has 7 heteroatoms. The summed E-state index contributed by atoms with van der Waals surface area (Å²) in [5.41, 5.74) is 8.47. The first-order valence-electron chi connectivity index (χ1n) is 7.43. The summed E-state index contributed by atoms with van der Waals surface area (Å²) < 4.78 is 6.90. The van der Waals surface area contributed by atoms with Gasteiger partial charge in [-0.3, -0.25) is 0 Å². The minimum Gasteiger partial charge on any atom is -0.382 e. The van der Waals surface area contributed by atoms with Crippen molar-refractivity contribution in [2.75, 3.05) is 5.73 Å². The zero-order valence-electron chi connectivity index (χ0n) is 12.7. The quantitative estimate of drug-likeness (QED) is 0.621. The first-order valence-corrected chi connectivity index (χ1v) is 7.43. The third kappa shape index (κ3) is 2.63. The SMILES string of the molecule is Nc1c(-c2nc(-c3ccccc3)no2)nnn1Cc1ccccc1. The summed E-state index contributed by atoms with van der Waals surface area (Å²) in [5, 5.41) is 12.1. The van der Waals surface area contributed by atoms with Crippen molar-refractivity contribution in [3.8, 4) is 23.0 Å². The minimum atomic E-state index is 0.255. The Balaban J connectivity index is 1.63. The normalized spacial score (nSPS) is 10.8. The second kappa shape index (κ2) is 5.96. The maximum Gasteiger partial charge on any atom is 0.282 e. The molecule has 2 N–H and O–H groups in total. The minimum absolute atomic E-state index is 0.255. The van der Waals surface area contributed by atoms with Crippen molar-refractivity contribution in [3.05, 3.63) is 66.2 Å². The molecule has 2 aromatic heterocycles. The Morgan fingerprint density at radius 1 is 0.958 bits per heavy atom. The zero-order chi connectivity index (χ0) is 16.4. The number of rotatable bonds is 4. The summed E-state index contributed by atoms with van der Waals surface area (Å²) in [6.07, 6.45) is 0. The van der Waals surface area contributed by atoms with Gasteiger partial charge >= 0.3 is 0 Å². The molecule has 0 atom stereocenters. The molecular weight excluding hydrogens is 304 g/mol. The number of hydrogen-bond donors (Lipinski definition) is 1. The van der Waals surface area contributed by atoms with Crippen molar-refractivity contribution < 1.29 is 4.52 Å². The first-order chi connectivity index (χ1) is 11.8. The third-order valence-corrected chi connectivity index (χ3v) is 3.61.